The van der Waals surface area contributed by atoms with E-state index in [0.717, 1.165) is 12.8 Å². The minimum Gasteiger partial charge on any atom is -0.385 e. The van der Waals surface area contributed by atoms with E-state index in [-0.39, 0.29) is 6.10 Å². The van der Waals surface area contributed by atoms with Crippen LogP contribution in [0.3, 0.4) is 0 Å². The van der Waals surface area contributed by atoms with Crippen LogP contribution in [0.4, 0.5) is 0 Å². The van der Waals surface area contributed by atoms with Gasteiger partial charge in [0.05, 0.1) is 6.10 Å². The number of aliphatic hydroxyl groups is 3. The fourth-order valence-corrected chi connectivity index (χ4v) is 2.00. The molecule has 0 amide bonds. The lowest BCUT2D eigenvalue weighted by molar-refractivity contribution is -0.131. The Bertz CT molecular complexity index is 168. The lowest BCUT2D eigenvalue weighted by Gasteiger charge is -2.23. The fraction of sp³-hybridized carbons (Fsp3) is 1.00. The Balaban J connectivity index is 2.23. The van der Waals surface area contributed by atoms with Crippen molar-refractivity contribution in [1.82, 2.24) is 0 Å². The third kappa shape index (κ3) is 0.840. The van der Waals surface area contributed by atoms with Crippen molar-refractivity contribution in [3.63, 3.8) is 0 Å². The topological polar surface area (TPSA) is 69.9 Å². The predicted molar refractivity (Wildman–Crippen MR) is 35.7 cm³/mol. The molecule has 4 heteroatoms. The molecule has 1 heterocycles. The van der Waals surface area contributed by atoms with Gasteiger partial charge in [0.1, 0.15) is 11.7 Å². The van der Waals surface area contributed by atoms with E-state index in [2.05, 4.69) is 0 Å². The van der Waals surface area contributed by atoms with Crippen molar-refractivity contribution < 1.29 is 20.1 Å². The zero-order chi connectivity index (χ0) is 8.06. The molecule has 2 aliphatic rings. The highest BCUT2D eigenvalue weighted by Gasteiger charge is 2.56. The number of aliphatic hydroxyl groups excluding tert-OH is 2. The van der Waals surface area contributed by atoms with E-state index in [9.17, 15) is 10.2 Å². The maximum atomic E-state index is 9.73. The van der Waals surface area contributed by atoms with Crippen molar-refractivity contribution in [2.24, 2.45) is 0 Å². The van der Waals surface area contributed by atoms with Gasteiger partial charge in [-0.3, -0.25) is 0 Å². The fourth-order valence-electron chi connectivity index (χ4n) is 2.00. The van der Waals surface area contributed by atoms with Gasteiger partial charge in [-0.15, -0.1) is 0 Å². The second kappa shape index (κ2) is 2.17. The molecule has 0 spiro atoms. The monoisotopic (exact) mass is 160 g/mol. The first-order chi connectivity index (χ1) is 5.14. The van der Waals surface area contributed by atoms with E-state index >= 15 is 0 Å². The Labute approximate surface area is 64.4 Å². The van der Waals surface area contributed by atoms with Gasteiger partial charge >= 0.3 is 0 Å². The molecule has 1 aliphatic carbocycles. The molecule has 64 valence electrons. The molecule has 4 nitrogen and oxygen atoms in total. The molecule has 0 aromatic carbocycles. The minimum atomic E-state index is -1.20. The van der Waals surface area contributed by atoms with Gasteiger partial charge in [0.2, 0.25) is 0 Å². The van der Waals surface area contributed by atoms with Crippen molar-refractivity contribution in [3.8, 4) is 0 Å². The molecule has 1 aliphatic heterocycles. The molecule has 2 rings (SSSR count). The van der Waals surface area contributed by atoms with Gasteiger partial charge in [-0.05, 0) is 19.3 Å². The quantitative estimate of drug-likeness (QED) is 0.424. The van der Waals surface area contributed by atoms with Crippen LogP contribution >= 0.6 is 0 Å². The first kappa shape index (κ1) is 7.49. The van der Waals surface area contributed by atoms with Gasteiger partial charge in [-0.1, -0.05) is 0 Å². The normalized spacial score (nSPS) is 56.5. The van der Waals surface area contributed by atoms with E-state index in [1.165, 1.54) is 0 Å². The summed E-state index contributed by atoms with van der Waals surface area (Å²) in [5.41, 5.74) is -1.18. The van der Waals surface area contributed by atoms with Gasteiger partial charge in [-0.25, -0.2) is 0 Å². The Kier molecular flexibility index (Phi) is 1.47. The summed E-state index contributed by atoms with van der Waals surface area (Å²) in [7, 11) is 0. The van der Waals surface area contributed by atoms with Gasteiger partial charge < -0.3 is 20.1 Å². The summed E-state index contributed by atoms with van der Waals surface area (Å²) >= 11 is 0. The van der Waals surface area contributed by atoms with Crippen molar-refractivity contribution in [2.75, 3.05) is 0 Å². The van der Waals surface area contributed by atoms with Crippen LogP contribution in [-0.2, 0) is 4.74 Å². The van der Waals surface area contributed by atoms with Gasteiger partial charge in [0, 0.05) is 0 Å². The van der Waals surface area contributed by atoms with Gasteiger partial charge in [0.15, 0.2) is 6.29 Å². The predicted octanol–water partition coefficient (Wildman–Crippen LogP) is -1.02. The molecule has 0 bridgehead atoms. The van der Waals surface area contributed by atoms with E-state index in [4.69, 9.17) is 9.84 Å². The maximum Gasteiger partial charge on any atom is 0.184 e. The first-order valence-electron chi connectivity index (χ1n) is 3.88. The summed E-state index contributed by atoms with van der Waals surface area (Å²) in [6.07, 6.45) is -0.598. The van der Waals surface area contributed by atoms with Crippen molar-refractivity contribution in [2.45, 2.75) is 43.4 Å². The SMILES string of the molecule is OC1OC2CCCC2(O)C1O. The van der Waals surface area contributed by atoms with E-state index in [0.29, 0.717) is 6.42 Å². The van der Waals surface area contributed by atoms with Crippen molar-refractivity contribution in [1.29, 1.82) is 0 Å². The van der Waals surface area contributed by atoms with E-state index in [1.807, 2.05) is 0 Å². The number of fused-ring (bicyclic) bond motifs is 1. The third-order valence-electron chi connectivity index (χ3n) is 2.69. The van der Waals surface area contributed by atoms with E-state index in [1.54, 1.807) is 0 Å². The largest absolute Gasteiger partial charge is 0.385 e. The summed E-state index contributed by atoms with van der Waals surface area (Å²) in [6, 6.07) is 0. The Morgan fingerprint density at radius 3 is 2.73 bits per heavy atom. The van der Waals surface area contributed by atoms with Gasteiger partial charge in [-0.2, -0.15) is 0 Å². The van der Waals surface area contributed by atoms with Crippen LogP contribution in [0.25, 0.3) is 0 Å². The molecule has 0 aromatic heterocycles. The highest BCUT2D eigenvalue weighted by atomic mass is 16.6. The zero-order valence-electron chi connectivity index (χ0n) is 6.10. The number of hydrogen-bond donors (Lipinski definition) is 3. The number of ether oxygens (including phenoxy) is 1. The van der Waals surface area contributed by atoms with Crippen LogP contribution in [0.1, 0.15) is 19.3 Å². The molecule has 11 heavy (non-hydrogen) atoms. The minimum absolute atomic E-state index is 0.368. The lowest BCUT2D eigenvalue weighted by Crippen LogP contribution is -2.44. The molecule has 1 saturated heterocycles. The number of hydrogen-bond acceptors (Lipinski definition) is 4. The Hall–Kier alpha value is -0.160. The second-order valence-corrected chi connectivity index (χ2v) is 3.34. The van der Waals surface area contributed by atoms with Gasteiger partial charge in [0.25, 0.3) is 0 Å². The highest BCUT2D eigenvalue weighted by molar-refractivity contribution is 5.04. The molecule has 0 aromatic rings. The van der Waals surface area contributed by atoms with Crippen LogP contribution < -0.4 is 0 Å². The lowest BCUT2D eigenvalue weighted by atomic mass is 9.95. The Morgan fingerprint density at radius 2 is 2.09 bits per heavy atom. The summed E-state index contributed by atoms with van der Waals surface area (Å²) in [5.74, 6) is 0. The molecule has 4 atom stereocenters. The Morgan fingerprint density at radius 1 is 1.36 bits per heavy atom. The highest BCUT2D eigenvalue weighted by Crippen LogP contribution is 2.41. The molecule has 4 unspecified atom stereocenters. The first-order valence-corrected chi connectivity index (χ1v) is 3.88. The zero-order valence-corrected chi connectivity index (χ0v) is 6.10. The summed E-state index contributed by atoms with van der Waals surface area (Å²) in [5, 5.41) is 28.1. The molecule has 1 saturated carbocycles. The summed E-state index contributed by atoms with van der Waals surface area (Å²) in [6.45, 7) is 0. The maximum absolute atomic E-state index is 9.73. The van der Waals surface area contributed by atoms with Crippen LogP contribution in [0.15, 0.2) is 0 Å². The molecule has 0 radical (unpaired) electrons. The smallest absolute Gasteiger partial charge is 0.184 e. The van der Waals surface area contributed by atoms with Crippen molar-refractivity contribution >= 4 is 0 Å². The second-order valence-electron chi connectivity index (χ2n) is 3.34. The van der Waals surface area contributed by atoms with Crippen LogP contribution in [-0.4, -0.2) is 39.4 Å². The van der Waals surface area contributed by atoms with Crippen LogP contribution in [0.5, 0.6) is 0 Å². The average molecular weight is 160 g/mol. The summed E-state index contributed by atoms with van der Waals surface area (Å²) in [4.78, 5) is 0. The number of rotatable bonds is 0. The molecular weight excluding hydrogens is 148 g/mol. The summed E-state index contributed by atoms with van der Waals surface area (Å²) < 4.78 is 4.96. The van der Waals surface area contributed by atoms with Crippen LogP contribution in [0, 0.1) is 0 Å². The molecular formula is C7H12O4. The van der Waals surface area contributed by atoms with Crippen molar-refractivity contribution in [3.05, 3.63) is 0 Å². The average Bonchev–Trinajstić information content (AvgIpc) is 2.39. The molecule has 2 fully saturated rings. The van der Waals surface area contributed by atoms with Crippen LogP contribution in [0.2, 0.25) is 0 Å². The third-order valence-corrected chi connectivity index (χ3v) is 2.69. The molecule has 3 N–H and O–H groups in total. The van der Waals surface area contributed by atoms with E-state index < -0.39 is 18.0 Å². The standard InChI is InChI=1S/C7H12O4/c8-5-6(9)11-4-2-1-3-7(4,5)10/h4-6,8-10H,1-3H2.